The number of amides is 2. The summed E-state index contributed by atoms with van der Waals surface area (Å²) in [6, 6.07) is 8.10. The van der Waals surface area contributed by atoms with Gasteiger partial charge in [-0.05, 0) is 65.8 Å². The summed E-state index contributed by atoms with van der Waals surface area (Å²) in [5.74, 6) is -0.0813. The molecule has 1 aromatic carbocycles. The summed E-state index contributed by atoms with van der Waals surface area (Å²) in [5.41, 5.74) is 2.12. The molecule has 2 aliphatic heterocycles. The summed E-state index contributed by atoms with van der Waals surface area (Å²) >= 11 is 0. The number of nitrogens with zero attached hydrogens (tertiary/aromatic N) is 5. The zero-order valence-electron chi connectivity index (χ0n) is 23.0. The summed E-state index contributed by atoms with van der Waals surface area (Å²) < 4.78 is 28.6. The van der Waals surface area contributed by atoms with Crippen molar-refractivity contribution in [3.63, 3.8) is 0 Å². The highest BCUT2D eigenvalue weighted by Crippen LogP contribution is 2.27. The minimum absolute atomic E-state index is 0.0259. The molecule has 0 unspecified atom stereocenters. The molecule has 10 heteroatoms. The second kappa shape index (κ2) is 10.7. The van der Waals surface area contributed by atoms with Crippen molar-refractivity contribution in [2.75, 3.05) is 52.4 Å². The largest absolute Gasteiger partial charge is 0.336 e. The van der Waals surface area contributed by atoms with Crippen molar-refractivity contribution in [2.24, 2.45) is 0 Å². The van der Waals surface area contributed by atoms with Crippen LogP contribution in [0.5, 0.6) is 0 Å². The van der Waals surface area contributed by atoms with Crippen LogP contribution in [-0.2, 0) is 10.0 Å². The molecule has 0 spiro atoms. The van der Waals surface area contributed by atoms with E-state index in [1.807, 2.05) is 47.6 Å². The van der Waals surface area contributed by atoms with Crippen LogP contribution in [0, 0.1) is 0 Å². The highest BCUT2D eigenvalue weighted by molar-refractivity contribution is 7.89. The number of carbonyl (C=O) groups excluding carboxylic acids is 2. The van der Waals surface area contributed by atoms with Crippen molar-refractivity contribution in [3.05, 3.63) is 35.5 Å². The average Bonchev–Trinajstić information content (AvgIpc) is 3.27. The molecular formula is C27H41N5O4S. The molecule has 0 radical (unpaired) electrons. The maximum atomic E-state index is 13.6. The number of rotatable bonds is 6. The molecule has 0 saturated carbocycles. The van der Waals surface area contributed by atoms with E-state index < -0.39 is 15.3 Å². The van der Waals surface area contributed by atoms with Gasteiger partial charge in [-0.15, -0.1) is 0 Å². The van der Waals surface area contributed by atoms with Crippen molar-refractivity contribution in [3.8, 4) is 0 Å². The monoisotopic (exact) mass is 531 g/mol. The summed E-state index contributed by atoms with van der Waals surface area (Å²) in [4.78, 5) is 32.9. The first kappa shape index (κ1) is 27.6. The summed E-state index contributed by atoms with van der Waals surface area (Å²) in [5, 5.41) is 0.388. The van der Waals surface area contributed by atoms with Crippen molar-refractivity contribution in [2.45, 2.75) is 58.9 Å². The lowest BCUT2D eigenvalue weighted by Crippen LogP contribution is -2.52. The van der Waals surface area contributed by atoms with Gasteiger partial charge in [0.15, 0.2) is 0 Å². The minimum Gasteiger partial charge on any atom is -0.336 e. The molecule has 2 aliphatic rings. The molecule has 0 aliphatic carbocycles. The molecule has 2 amide bonds. The molecule has 2 aromatic rings. The van der Waals surface area contributed by atoms with Crippen LogP contribution in [0.4, 0.5) is 0 Å². The number of hydrogen-bond donors (Lipinski definition) is 0. The van der Waals surface area contributed by atoms with Gasteiger partial charge in [-0.3, -0.25) is 14.5 Å². The fourth-order valence-electron chi connectivity index (χ4n) is 5.32. The lowest BCUT2D eigenvalue weighted by molar-refractivity contribution is 0.0595. The third-order valence-electron chi connectivity index (χ3n) is 7.63. The number of piperazine rings is 2. The highest BCUT2D eigenvalue weighted by Gasteiger charge is 2.32. The van der Waals surface area contributed by atoms with E-state index in [1.54, 1.807) is 18.7 Å². The quantitative estimate of drug-likeness (QED) is 0.572. The Kier molecular flexibility index (Phi) is 8.02. The van der Waals surface area contributed by atoms with Crippen LogP contribution in [0.2, 0.25) is 0 Å². The molecule has 2 saturated heterocycles. The van der Waals surface area contributed by atoms with E-state index in [9.17, 15) is 18.0 Å². The van der Waals surface area contributed by atoms with Crippen LogP contribution in [0.15, 0.2) is 24.3 Å². The molecule has 0 bridgehead atoms. The lowest BCUT2D eigenvalue weighted by atomic mass is 10.1. The fraction of sp³-hybridized carbons (Fsp3) is 0.630. The van der Waals surface area contributed by atoms with Crippen LogP contribution >= 0.6 is 0 Å². The summed E-state index contributed by atoms with van der Waals surface area (Å²) in [6.45, 7) is 16.3. The smallest absolute Gasteiger partial charge is 0.270 e. The van der Waals surface area contributed by atoms with Gasteiger partial charge in [-0.1, -0.05) is 0 Å². The van der Waals surface area contributed by atoms with Crippen LogP contribution in [0.3, 0.4) is 0 Å². The van der Waals surface area contributed by atoms with Gasteiger partial charge < -0.3 is 14.4 Å². The number of benzene rings is 1. The Bertz CT molecular complexity index is 1250. The van der Waals surface area contributed by atoms with Gasteiger partial charge in [-0.2, -0.15) is 4.31 Å². The van der Waals surface area contributed by atoms with Crippen LogP contribution in [0.25, 0.3) is 10.9 Å². The first-order chi connectivity index (χ1) is 17.4. The van der Waals surface area contributed by atoms with Crippen LogP contribution in [-0.4, -0.2) is 107 Å². The molecule has 1 aromatic heterocycles. The molecule has 3 heterocycles. The van der Waals surface area contributed by atoms with E-state index in [2.05, 4.69) is 18.7 Å². The van der Waals surface area contributed by atoms with Crippen LogP contribution < -0.4 is 0 Å². The van der Waals surface area contributed by atoms with Gasteiger partial charge in [0.05, 0.1) is 5.25 Å². The standard InChI is InChI=1S/C27H41N5O4S/c1-19(2)28-9-11-29(12-10-28)26(33)22-7-8-24-23(17-22)18-25(32(24)20(3)4)27(34)30-13-15-31(16-14-30)37(35,36)21(5)6/h7-8,17-21H,9-16H2,1-6H3. The average molecular weight is 532 g/mol. The lowest BCUT2D eigenvalue weighted by Gasteiger charge is -2.37. The maximum absolute atomic E-state index is 13.6. The summed E-state index contributed by atoms with van der Waals surface area (Å²) in [7, 11) is -3.33. The first-order valence-corrected chi connectivity index (χ1v) is 14.9. The second-order valence-electron chi connectivity index (χ2n) is 11.0. The van der Waals surface area contributed by atoms with E-state index >= 15 is 0 Å². The van der Waals surface area contributed by atoms with Gasteiger partial charge in [-0.25, -0.2) is 8.42 Å². The van der Waals surface area contributed by atoms with E-state index in [0.717, 1.165) is 24.0 Å². The van der Waals surface area contributed by atoms with E-state index in [-0.39, 0.29) is 17.9 Å². The minimum atomic E-state index is -3.33. The van der Waals surface area contributed by atoms with Crippen molar-refractivity contribution in [1.29, 1.82) is 0 Å². The number of aromatic nitrogens is 1. The summed E-state index contributed by atoms with van der Waals surface area (Å²) in [6.07, 6.45) is 0. The predicted molar refractivity (Wildman–Crippen MR) is 146 cm³/mol. The molecule has 0 atom stereocenters. The Morgan fingerprint density at radius 3 is 1.84 bits per heavy atom. The first-order valence-electron chi connectivity index (χ1n) is 13.4. The Balaban J connectivity index is 1.54. The number of carbonyl (C=O) groups is 2. The third-order valence-corrected chi connectivity index (χ3v) is 9.91. The van der Waals surface area contributed by atoms with Gasteiger partial charge in [0, 0.05) is 80.9 Å². The van der Waals surface area contributed by atoms with Gasteiger partial charge >= 0.3 is 0 Å². The van der Waals surface area contributed by atoms with Gasteiger partial charge in [0.1, 0.15) is 5.69 Å². The zero-order chi connectivity index (χ0) is 27.1. The van der Waals surface area contributed by atoms with E-state index in [1.165, 1.54) is 4.31 Å². The number of fused-ring (bicyclic) bond motifs is 1. The van der Waals surface area contributed by atoms with Crippen molar-refractivity contribution >= 4 is 32.7 Å². The maximum Gasteiger partial charge on any atom is 0.270 e. The second-order valence-corrected chi connectivity index (χ2v) is 13.5. The third kappa shape index (κ3) is 5.42. The SMILES string of the molecule is CC(C)N1CCN(C(=O)c2ccc3c(c2)cc(C(=O)N2CCN(S(=O)(=O)C(C)C)CC2)n3C(C)C)CC1. The molecule has 2 fully saturated rings. The Labute approximate surface area is 221 Å². The Hall–Kier alpha value is -2.43. The molecule has 37 heavy (non-hydrogen) atoms. The fourth-order valence-corrected chi connectivity index (χ4v) is 6.59. The van der Waals surface area contributed by atoms with Gasteiger partial charge in [0.25, 0.3) is 11.8 Å². The van der Waals surface area contributed by atoms with Crippen molar-refractivity contribution < 1.29 is 18.0 Å². The molecule has 9 nitrogen and oxygen atoms in total. The van der Waals surface area contributed by atoms with E-state index in [0.29, 0.717) is 56.6 Å². The number of sulfonamides is 1. The molecular weight excluding hydrogens is 490 g/mol. The molecule has 4 rings (SSSR count). The normalized spacial score (nSPS) is 18.5. The van der Waals surface area contributed by atoms with E-state index in [4.69, 9.17) is 0 Å². The van der Waals surface area contributed by atoms with Gasteiger partial charge in [0.2, 0.25) is 10.0 Å². The molecule has 0 N–H and O–H groups in total. The van der Waals surface area contributed by atoms with Crippen LogP contribution in [0.1, 0.15) is 68.4 Å². The Morgan fingerprint density at radius 2 is 1.30 bits per heavy atom. The predicted octanol–water partition coefficient (Wildman–Crippen LogP) is 2.88. The molecule has 204 valence electrons. The highest BCUT2D eigenvalue weighted by atomic mass is 32.2. The van der Waals surface area contributed by atoms with Crippen molar-refractivity contribution in [1.82, 2.24) is 23.6 Å². The topological polar surface area (TPSA) is 86.2 Å². The number of hydrogen-bond acceptors (Lipinski definition) is 5. The Morgan fingerprint density at radius 1 is 0.730 bits per heavy atom. The zero-order valence-corrected chi connectivity index (χ0v) is 23.8.